The minimum atomic E-state index is 0. The van der Waals surface area contributed by atoms with Crippen molar-refractivity contribution >= 4 is 38.0 Å². The minimum Gasteiger partial charge on any atom is -0.512 e. The maximum absolute atomic E-state index is 11.7. The third-order valence-electron chi connectivity index (χ3n) is 10.1. The van der Waals surface area contributed by atoms with Crippen molar-refractivity contribution in [3.05, 3.63) is 101 Å². The van der Waals surface area contributed by atoms with E-state index in [2.05, 4.69) is 122 Å². The molecular formula is C48H62IrNO2S-. The number of carbonyl (C=O) groups is 1. The van der Waals surface area contributed by atoms with E-state index in [4.69, 9.17) is 4.98 Å². The van der Waals surface area contributed by atoms with E-state index in [1.807, 2.05) is 45.2 Å². The van der Waals surface area contributed by atoms with Gasteiger partial charge in [-0.25, -0.2) is 0 Å². The van der Waals surface area contributed by atoms with Crippen LogP contribution in [0.1, 0.15) is 131 Å². The molecule has 5 rings (SSSR count). The summed E-state index contributed by atoms with van der Waals surface area (Å²) in [4.78, 5) is 18.0. The Bertz CT molecular complexity index is 1980. The van der Waals surface area contributed by atoms with E-state index >= 15 is 0 Å². The number of hydrogen-bond donors (Lipinski definition) is 1. The zero-order valence-corrected chi connectivity index (χ0v) is 37.5. The molecule has 0 aliphatic carbocycles. The average molecular weight is 909 g/mol. The first-order chi connectivity index (χ1) is 24.5. The number of benzene rings is 3. The van der Waals surface area contributed by atoms with Crippen molar-refractivity contribution in [2.45, 2.75) is 127 Å². The number of nitrogens with zero attached hydrogens (tertiary/aromatic N) is 1. The van der Waals surface area contributed by atoms with Crippen molar-refractivity contribution in [2.24, 2.45) is 17.3 Å². The fourth-order valence-electron chi connectivity index (χ4n) is 7.17. The molecule has 1 radical (unpaired) electrons. The summed E-state index contributed by atoms with van der Waals surface area (Å²) in [6.07, 6.45) is 7.97. The molecule has 0 unspecified atom stereocenters. The van der Waals surface area contributed by atoms with E-state index in [1.165, 1.54) is 48.7 Å². The largest absolute Gasteiger partial charge is 0.512 e. The molecule has 5 heteroatoms. The smallest absolute Gasteiger partial charge is 0.162 e. The molecule has 53 heavy (non-hydrogen) atoms. The maximum Gasteiger partial charge on any atom is 0.162 e. The van der Waals surface area contributed by atoms with Gasteiger partial charge in [-0.05, 0) is 77.0 Å². The van der Waals surface area contributed by atoms with E-state index in [1.54, 1.807) is 0 Å². The number of allylic oxidation sites excluding steroid dienone is 2. The van der Waals surface area contributed by atoms with E-state index in [9.17, 15) is 9.90 Å². The Labute approximate surface area is 338 Å². The number of carbonyl (C=O) groups excluding carboxylic acids is 1. The summed E-state index contributed by atoms with van der Waals surface area (Å²) in [7, 11) is 0. The Balaban J connectivity index is 0.000000403. The Kier molecular flexibility index (Phi) is 15.8. The van der Waals surface area contributed by atoms with E-state index in [0.29, 0.717) is 5.92 Å². The van der Waals surface area contributed by atoms with Gasteiger partial charge in [0.2, 0.25) is 0 Å². The third-order valence-corrected chi connectivity index (χ3v) is 11.4. The van der Waals surface area contributed by atoms with Gasteiger partial charge >= 0.3 is 0 Å². The third kappa shape index (κ3) is 11.0. The Morgan fingerprint density at radius 1 is 0.849 bits per heavy atom. The van der Waals surface area contributed by atoms with Crippen LogP contribution in [0.4, 0.5) is 0 Å². The van der Waals surface area contributed by atoms with Gasteiger partial charge in [0.05, 0.1) is 5.76 Å². The second kappa shape index (κ2) is 19.0. The number of ketones is 1. The van der Waals surface area contributed by atoms with Gasteiger partial charge in [0.25, 0.3) is 0 Å². The fraction of sp³-hybridized carbons (Fsp3) is 0.458. The molecule has 0 saturated carbocycles. The summed E-state index contributed by atoms with van der Waals surface area (Å²) in [5, 5.41) is 13.5. The first kappa shape index (κ1) is 44.3. The molecule has 287 valence electrons. The van der Waals surface area contributed by atoms with Gasteiger partial charge in [0.15, 0.2) is 5.78 Å². The van der Waals surface area contributed by atoms with Crippen molar-refractivity contribution < 1.29 is 30.0 Å². The first-order valence-corrected chi connectivity index (χ1v) is 20.2. The van der Waals surface area contributed by atoms with Crippen LogP contribution in [-0.2, 0) is 36.7 Å². The molecule has 0 atom stereocenters. The van der Waals surface area contributed by atoms with Crippen LogP contribution in [-0.4, -0.2) is 15.9 Å². The summed E-state index contributed by atoms with van der Waals surface area (Å²) in [6.45, 7) is 26.4. The van der Waals surface area contributed by atoms with E-state index in [-0.39, 0.29) is 54.3 Å². The van der Waals surface area contributed by atoms with Crippen molar-refractivity contribution in [3.8, 4) is 21.7 Å². The second-order valence-corrected chi connectivity index (χ2v) is 17.9. The number of aliphatic hydroxyl groups excluding tert-OH is 1. The first-order valence-electron chi connectivity index (χ1n) is 19.4. The van der Waals surface area contributed by atoms with Gasteiger partial charge in [-0.3, -0.25) is 9.78 Å². The monoisotopic (exact) mass is 909 g/mol. The molecule has 2 aromatic heterocycles. The van der Waals surface area contributed by atoms with Gasteiger partial charge in [-0.1, -0.05) is 136 Å². The van der Waals surface area contributed by atoms with Crippen LogP contribution < -0.4 is 0 Å². The minimum absolute atomic E-state index is 0. The van der Waals surface area contributed by atoms with Gasteiger partial charge in [-0.2, -0.15) is 0 Å². The molecule has 0 fully saturated rings. The molecule has 0 spiro atoms. The van der Waals surface area contributed by atoms with Crippen LogP contribution in [0, 0.1) is 23.3 Å². The number of aliphatic hydroxyl groups is 1. The summed E-state index contributed by atoms with van der Waals surface area (Å²) in [5.41, 5.74) is 7.88. The number of pyridine rings is 1. The van der Waals surface area contributed by atoms with Crippen LogP contribution >= 0.6 is 11.3 Å². The molecule has 0 amide bonds. The van der Waals surface area contributed by atoms with Gasteiger partial charge in [0, 0.05) is 59.5 Å². The fourth-order valence-corrected chi connectivity index (χ4v) is 8.63. The topological polar surface area (TPSA) is 50.2 Å². The van der Waals surface area contributed by atoms with Gasteiger partial charge < -0.3 is 5.11 Å². The summed E-state index contributed by atoms with van der Waals surface area (Å²) >= 11 is 1.88. The molecule has 0 bridgehead atoms. The Morgan fingerprint density at radius 3 is 2.00 bits per heavy atom. The Morgan fingerprint density at radius 2 is 1.45 bits per heavy atom. The van der Waals surface area contributed by atoms with Crippen molar-refractivity contribution in [1.29, 1.82) is 0 Å². The predicted octanol–water partition coefficient (Wildman–Crippen LogP) is 14.5. The van der Waals surface area contributed by atoms with Crippen LogP contribution in [0.3, 0.4) is 0 Å². The van der Waals surface area contributed by atoms with Crippen LogP contribution in [0.5, 0.6) is 0 Å². The number of thiophene rings is 1. The van der Waals surface area contributed by atoms with Crippen molar-refractivity contribution in [3.63, 3.8) is 0 Å². The quantitative estimate of drug-likeness (QED) is 0.0816. The maximum atomic E-state index is 11.7. The standard InChI is InChI=1S/C35H38NS.C13H24O2.Ir/c1-22(2)30-28-17-18-36-31(26-19-25-11-9-10-12-27(25)29(20-26)35(6,7)8)33(28)37-32(30)24-15-13-23(14-16-24)21-34(3,4)5;1-5-10(6-2)12(14)9-13(15)11(7-3)8-4;/h9-18,20,22H,21H2,1-8H3;9-11,14H,5-8H2,1-4H3;/q-1;;/b;12-9-;. The van der Waals surface area contributed by atoms with E-state index in [0.717, 1.165) is 48.7 Å². The van der Waals surface area contributed by atoms with Gasteiger partial charge in [0.1, 0.15) is 0 Å². The SMILES string of the molecule is CC(C)c1c(-c2ccc(CC(C)(C)C)cc2)sc2c(-c3[c-]c4ccccc4c(C(C)(C)C)c3)nccc12.CCC(CC)C(=O)/C=C(\O)C(CC)CC.[Ir]. The average Bonchev–Trinajstić information content (AvgIpc) is 3.49. The number of hydrogen-bond acceptors (Lipinski definition) is 4. The Hall–Kier alpha value is -3.11. The molecule has 3 nitrogen and oxygen atoms in total. The molecule has 2 heterocycles. The van der Waals surface area contributed by atoms with Crippen LogP contribution in [0.15, 0.2) is 78.7 Å². The van der Waals surface area contributed by atoms with Gasteiger partial charge in [-0.15, -0.1) is 40.5 Å². The normalized spacial score (nSPS) is 12.4. The van der Waals surface area contributed by atoms with Crippen molar-refractivity contribution in [1.82, 2.24) is 4.98 Å². The molecule has 0 aliphatic heterocycles. The zero-order chi connectivity index (χ0) is 38.4. The molecule has 0 saturated heterocycles. The number of fused-ring (bicyclic) bond motifs is 2. The molecular weight excluding hydrogens is 847 g/mol. The van der Waals surface area contributed by atoms with Crippen LogP contribution in [0.25, 0.3) is 42.6 Å². The molecule has 3 aromatic carbocycles. The molecule has 0 aliphatic rings. The van der Waals surface area contributed by atoms with Crippen LogP contribution in [0.2, 0.25) is 0 Å². The summed E-state index contributed by atoms with van der Waals surface area (Å²) in [5.74, 6) is 0.963. The number of aromatic nitrogens is 1. The molecule has 1 N–H and O–H groups in total. The second-order valence-electron chi connectivity index (χ2n) is 16.9. The summed E-state index contributed by atoms with van der Waals surface area (Å²) in [6, 6.07) is 26.1. The van der Waals surface area contributed by atoms with E-state index < -0.39 is 0 Å². The molecule has 5 aromatic rings. The van der Waals surface area contributed by atoms with Crippen molar-refractivity contribution in [2.75, 3.05) is 0 Å². The predicted molar refractivity (Wildman–Crippen MR) is 227 cm³/mol. The summed E-state index contributed by atoms with van der Waals surface area (Å²) < 4.78 is 1.26. The number of rotatable bonds is 11. The zero-order valence-electron chi connectivity index (χ0n) is 34.2.